The molecule has 5 heteroatoms. The van der Waals surface area contributed by atoms with Gasteiger partial charge in [0.2, 0.25) is 0 Å². The molecule has 1 aliphatic carbocycles. The van der Waals surface area contributed by atoms with Crippen LogP contribution in [-0.2, 0) is 6.54 Å². The van der Waals surface area contributed by atoms with Gasteiger partial charge in [0.15, 0.2) is 0 Å². The molecule has 0 radical (unpaired) electrons. The van der Waals surface area contributed by atoms with Gasteiger partial charge in [0.05, 0.1) is 12.4 Å². The second kappa shape index (κ2) is 7.62. The van der Waals surface area contributed by atoms with Crippen LogP contribution in [0.2, 0.25) is 0 Å². The van der Waals surface area contributed by atoms with Crippen molar-refractivity contribution in [2.45, 2.75) is 38.3 Å². The van der Waals surface area contributed by atoms with Gasteiger partial charge in [0.25, 0.3) is 5.91 Å². The lowest BCUT2D eigenvalue weighted by Gasteiger charge is -2.31. The van der Waals surface area contributed by atoms with Gasteiger partial charge in [-0.25, -0.2) is 4.98 Å². The molecular weight excluding hydrogens is 302 g/mol. The van der Waals surface area contributed by atoms with Gasteiger partial charge in [0, 0.05) is 44.0 Å². The van der Waals surface area contributed by atoms with Crippen molar-refractivity contribution in [1.29, 1.82) is 0 Å². The zero-order chi connectivity index (χ0) is 16.9. The molecule has 1 aromatic carbocycles. The van der Waals surface area contributed by atoms with Gasteiger partial charge >= 0.3 is 0 Å². The van der Waals surface area contributed by atoms with Crippen molar-refractivity contribution in [3.05, 3.63) is 54.1 Å². The van der Waals surface area contributed by atoms with Crippen LogP contribution in [0.4, 0.5) is 0 Å². The molecule has 24 heavy (non-hydrogen) atoms. The van der Waals surface area contributed by atoms with Crippen LogP contribution in [0, 0.1) is 5.92 Å². The summed E-state index contributed by atoms with van der Waals surface area (Å²) < 4.78 is 1.99. The zero-order valence-electron chi connectivity index (χ0n) is 14.1. The maximum atomic E-state index is 12.6. The van der Waals surface area contributed by atoms with Crippen LogP contribution in [0.15, 0.2) is 43.0 Å². The fraction of sp³-hybridized carbons (Fsp3) is 0.474. The van der Waals surface area contributed by atoms with Crippen LogP contribution in [0.5, 0.6) is 0 Å². The number of hydrogen-bond donors (Lipinski definition) is 1. The minimum absolute atomic E-state index is 0.0157. The highest BCUT2D eigenvalue weighted by Gasteiger charge is 2.25. The SMILES string of the molecule is CN(CC1CCCCC1O)C(=O)c1ccc(Cn2ccnc2)cc1. The summed E-state index contributed by atoms with van der Waals surface area (Å²) in [5, 5.41) is 10.1. The number of aliphatic hydroxyl groups excluding tert-OH is 1. The number of aliphatic hydroxyl groups is 1. The van der Waals surface area contributed by atoms with E-state index in [1.165, 1.54) is 0 Å². The summed E-state index contributed by atoms with van der Waals surface area (Å²) in [6.07, 6.45) is 9.28. The lowest BCUT2D eigenvalue weighted by Crippen LogP contribution is -2.38. The third-order valence-corrected chi connectivity index (χ3v) is 4.85. The lowest BCUT2D eigenvalue weighted by molar-refractivity contribution is 0.0451. The van der Waals surface area contributed by atoms with E-state index in [2.05, 4.69) is 4.98 Å². The number of carbonyl (C=O) groups is 1. The normalized spacial score (nSPS) is 20.8. The predicted octanol–water partition coefficient (Wildman–Crippen LogP) is 2.55. The molecule has 2 aromatic rings. The van der Waals surface area contributed by atoms with Gasteiger partial charge in [-0.3, -0.25) is 4.79 Å². The summed E-state index contributed by atoms with van der Waals surface area (Å²) in [6, 6.07) is 7.72. The Kier molecular flexibility index (Phi) is 5.30. The summed E-state index contributed by atoms with van der Waals surface area (Å²) in [6.45, 7) is 1.37. The first-order valence-corrected chi connectivity index (χ1v) is 8.61. The molecule has 1 aromatic heterocycles. The fourth-order valence-electron chi connectivity index (χ4n) is 3.40. The first-order chi connectivity index (χ1) is 11.6. The molecule has 1 fully saturated rings. The van der Waals surface area contributed by atoms with E-state index in [0.717, 1.165) is 37.8 Å². The monoisotopic (exact) mass is 327 g/mol. The minimum Gasteiger partial charge on any atom is -0.393 e. The van der Waals surface area contributed by atoms with Crippen molar-refractivity contribution in [3.8, 4) is 0 Å². The molecule has 1 aliphatic rings. The summed E-state index contributed by atoms with van der Waals surface area (Å²) in [5.74, 6) is 0.218. The van der Waals surface area contributed by atoms with E-state index in [1.807, 2.05) is 42.1 Å². The molecule has 3 rings (SSSR count). The van der Waals surface area contributed by atoms with Crippen molar-refractivity contribution >= 4 is 5.91 Å². The van der Waals surface area contributed by atoms with Crippen molar-refractivity contribution in [2.75, 3.05) is 13.6 Å². The molecule has 5 nitrogen and oxygen atoms in total. The highest BCUT2D eigenvalue weighted by molar-refractivity contribution is 5.94. The highest BCUT2D eigenvalue weighted by Crippen LogP contribution is 2.25. The number of amides is 1. The Hall–Kier alpha value is -2.14. The molecule has 0 spiro atoms. The van der Waals surface area contributed by atoms with Crippen LogP contribution in [-0.4, -0.2) is 45.2 Å². The van der Waals surface area contributed by atoms with Gasteiger partial charge < -0.3 is 14.6 Å². The van der Waals surface area contributed by atoms with Crippen LogP contribution in [0.25, 0.3) is 0 Å². The molecular formula is C19H25N3O2. The molecule has 0 saturated heterocycles. The Morgan fingerprint density at radius 2 is 2.04 bits per heavy atom. The van der Waals surface area contributed by atoms with E-state index < -0.39 is 0 Å². The Balaban J connectivity index is 1.59. The first-order valence-electron chi connectivity index (χ1n) is 8.61. The summed E-state index contributed by atoms with van der Waals surface area (Å²) >= 11 is 0. The Morgan fingerprint density at radius 3 is 2.71 bits per heavy atom. The maximum absolute atomic E-state index is 12.6. The van der Waals surface area contributed by atoms with Crippen molar-refractivity contribution < 1.29 is 9.90 Å². The number of nitrogens with zero attached hydrogens (tertiary/aromatic N) is 3. The zero-order valence-corrected chi connectivity index (χ0v) is 14.1. The van der Waals surface area contributed by atoms with Crippen LogP contribution in [0.3, 0.4) is 0 Å². The summed E-state index contributed by atoms with van der Waals surface area (Å²) in [7, 11) is 1.82. The Morgan fingerprint density at radius 1 is 1.29 bits per heavy atom. The van der Waals surface area contributed by atoms with E-state index in [4.69, 9.17) is 0 Å². The maximum Gasteiger partial charge on any atom is 0.253 e. The standard InChI is InChI=1S/C19H25N3O2/c1-21(13-17-4-2-3-5-18(17)23)19(24)16-8-6-15(7-9-16)12-22-11-10-20-14-22/h6-11,14,17-18,23H,2-5,12-13H2,1H3. The van der Waals surface area contributed by atoms with Gasteiger partial charge in [-0.15, -0.1) is 0 Å². The van der Waals surface area contributed by atoms with Gasteiger partial charge in [-0.2, -0.15) is 0 Å². The topological polar surface area (TPSA) is 58.4 Å². The second-order valence-electron chi connectivity index (χ2n) is 6.73. The van der Waals surface area contributed by atoms with E-state index in [1.54, 1.807) is 17.4 Å². The quantitative estimate of drug-likeness (QED) is 0.918. The number of aromatic nitrogens is 2. The van der Waals surface area contributed by atoms with E-state index >= 15 is 0 Å². The third-order valence-electron chi connectivity index (χ3n) is 4.85. The van der Waals surface area contributed by atoms with Crippen molar-refractivity contribution in [2.24, 2.45) is 5.92 Å². The number of imidazole rings is 1. The molecule has 0 aliphatic heterocycles. The van der Waals surface area contributed by atoms with E-state index in [9.17, 15) is 9.90 Å². The number of rotatable bonds is 5. The summed E-state index contributed by atoms with van der Waals surface area (Å²) in [4.78, 5) is 18.4. The van der Waals surface area contributed by atoms with Gasteiger partial charge in [-0.05, 0) is 30.5 Å². The molecule has 1 heterocycles. The van der Waals surface area contributed by atoms with Crippen LogP contribution < -0.4 is 0 Å². The van der Waals surface area contributed by atoms with Gasteiger partial charge in [0.1, 0.15) is 0 Å². The van der Waals surface area contributed by atoms with E-state index in [0.29, 0.717) is 12.1 Å². The molecule has 2 atom stereocenters. The molecule has 1 saturated carbocycles. The Bertz CT molecular complexity index is 652. The molecule has 0 bridgehead atoms. The molecule has 128 valence electrons. The number of carbonyl (C=O) groups excluding carboxylic acids is 1. The number of hydrogen-bond acceptors (Lipinski definition) is 3. The van der Waals surface area contributed by atoms with Gasteiger partial charge in [-0.1, -0.05) is 25.0 Å². The summed E-state index contributed by atoms with van der Waals surface area (Å²) in [5.41, 5.74) is 1.83. The smallest absolute Gasteiger partial charge is 0.253 e. The van der Waals surface area contributed by atoms with Crippen LogP contribution >= 0.6 is 0 Å². The fourth-order valence-corrected chi connectivity index (χ4v) is 3.40. The average Bonchev–Trinajstić information content (AvgIpc) is 3.10. The number of benzene rings is 1. The van der Waals surface area contributed by atoms with Crippen LogP contribution in [0.1, 0.15) is 41.6 Å². The second-order valence-corrected chi connectivity index (χ2v) is 6.73. The highest BCUT2D eigenvalue weighted by atomic mass is 16.3. The average molecular weight is 327 g/mol. The lowest BCUT2D eigenvalue weighted by atomic mass is 9.86. The minimum atomic E-state index is -0.272. The third kappa shape index (κ3) is 4.03. The molecule has 2 unspecified atom stereocenters. The molecule has 1 N–H and O–H groups in total. The predicted molar refractivity (Wildman–Crippen MR) is 92.7 cm³/mol. The first kappa shape index (κ1) is 16.7. The van der Waals surface area contributed by atoms with E-state index in [-0.39, 0.29) is 17.9 Å². The Labute approximate surface area is 142 Å². The molecule has 1 amide bonds. The largest absolute Gasteiger partial charge is 0.393 e. The van der Waals surface area contributed by atoms with Crippen molar-refractivity contribution in [1.82, 2.24) is 14.5 Å². The van der Waals surface area contributed by atoms with Crippen molar-refractivity contribution in [3.63, 3.8) is 0 Å².